The van der Waals surface area contributed by atoms with Crippen molar-refractivity contribution in [2.24, 2.45) is 5.92 Å². The molecule has 3 atom stereocenters. The fourth-order valence-corrected chi connectivity index (χ4v) is 3.94. The summed E-state index contributed by atoms with van der Waals surface area (Å²) in [5, 5.41) is 3.58. The Morgan fingerprint density at radius 2 is 2.14 bits per heavy atom. The minimum Gasteiger partial charge on any atom is -0.340 e. The van der Waals surface area contributed by atoms with Gasteiger partial charge in [-0.05, 0) is 37.7 Å². The third-order valence-corrected chi connectivity index (χ3v) is 5.04. The number of likely N-dealkylation sites (N-methyl/N-ethyl adjacent to an activating group) is 1. The van der Waals surface area contributed by atoms with E-state index >= 15 is 0 Å². The maximum absolute atomic E-state index is 12.6. The Balaban J connectivity index is 1.60. The molecule has 3 nitrogen and oxygen atoms in total. The molecule has 2 aliphatic rings. The average Bonchev–Trinajstić information content (AvgIpc) is 2.90. The highest BCUT2D eigenvalue weighted by Crippen LogP contribution is 2.33. The largest absolute Gasteiger partial charge is 0.340 e. The van der Waals surface area contributed by atoms with Crippen molar-refractivity contribution in [1.82, 2.24) is 10.2 Å². The van der Waals surface area contributed by atoms with Gasteiger partial charge in [-0.25, -0.2) is 0 Å². The zero-order chi connectivity index (χ0) is 14.8. The first-order valence-electron chi connectivity index (χ1n) is 8.20. The van der Waals surface area contributed by atoms with Crippen LogP contribution < -0.4 is 5.32 Å². The zero-order valence-corrected chi connectivity index (χ0v) is 13.1. The van der Waals surface area contributed by atoms with E-state index < -0.39 is 0 Å². The van der Waals surface area contributed by atoms with Crippen LogP contribution in [0.1, 0.15) is 43.2 Å². The van der Waals surface area contributed by atoms with E-state index in [1.165, 1.54) is 36.8 Å². The smallest absolute Gasteiger partial charge is 0.239 e. The number of fused-ring (bicyclic) bond motifs is 1. The summed E-state index contributed by atoms with van der Waals surface area (Å²) in [5.74, 6) is 0.978. The Morgan fingerprint density at radius 1 is 1.33 bits per heavy atom. The van der Waals surface area contributed by atoms with Gasteiger partial charge in [0.25, 0.3) is 0 Å². The van der Waals surface area contributed by atoms with Crippen LogP contribution in [0.2, 0.25) is 0 Å². The number of hydrogen-bond acceptors (Lipinski definition) is 2. The summed E-state index contributed by atoms with van der Waals surface area (Å²) in [6, 6.07) is 9.03. The molecule has 1 aromatic carbocycles. The fourth-order valence-electron chi connectivity index (χ4n) is 3.94. The van der Waals surface area contributed by atoms with Crippen molar-refractivity contribution in [2.75, 3.05) is 7.05 Å². The van der Waals surface area contributed by atoms with Crippen LogP contribution in [0.5, 0.6) is 0 Å². The van der Waals surface area contributed by atoms with Gasteiger partial charge in [0.15, 0.2) is 0 Å². The molecule has 1 amide bonds. The van der Waals surface area contributed by atoms with E-state index in [4.69, 9.17) is 0 Å². The average molecular weight is 286 g/mol. The van der Waals surface area contributed by atoms with Crippen LogP contribution in [-0.4, -0.2) is 29.9 Å². The van der Waals surface area contributed by atoms with Gasteiger partial charge < -0.3 is 10.2 Å². The molecule has 3 rings (SSSR count). The van der Waals surface area contributed by atoms with Gasteiger partial charge in [-0.2, -0.15) is 0 Å². The lowest BCUT2D eigenvalue weighted by molar-refractivity contribution is -0.132. The molecule has 2 fully saturated rings. The quantitative estimate of drug-likeness (QED) is 0.926. The molecule has 3 heteroatoms. The molecule has 1 saturated heterocycles. The second-order valence-electron chi connectivity index (χ2n) is 6.79. The molecule has 0 bridgehead atoms. The second kappa shape index (κ2) is 6.18. The highest BCUT2D eigenvalue weighted by atomic mass is 16.2. The maximum atomic E-state index is 12.6. The molecule has 21 heavy (non-hydrogen) atoms. The van der Waals surface area contributed by atoms with Crippen LogP contribution in [0, 0.1) is 12.8 Å². The lowest BCUT2D eigenvalue weighted by atomic mass is 9.85. The molecule has 1 aromatic rings. The van der Waals surface area contributed by atoms with Gasteiger partial charge in [0.05, 0.1) is 6.04 Å². The minimum atomic E-state index is 0.0351. The van der Waals surface area contributed by atoms with Crippen molar-refractivity contribution in [2.45, 2.75) is 57.7 Å². The van der Waals surface area contributed by atoms with E-state index in [9.17, 15) is 4.79 Å². The number of amides is 1. The van der Waals surface area contributed by atoms with Crippen molar-refractivity contribution >= 4 is 5.91 Å². The van der Waals surface area contributed by atoms with E-state index in [0.29, 0.717) is 12.6 Å². The molecule has 1 N–H and O–H groups in total. The topological polar surface area (TPSA) is 32.3 Å². The molecule has 1 aliphatic carbocycles. The van der Waals surface area contributed by atoms with E-state index in [0.717, 1.165) is 12.3 Å². The highest BCUT2D eigenvalue weighted by molar-refractivity contribution is 5.82. The van der Waals surface area contributed by atoms with Gasteiger partial charge >= 0.3 is 0 Å². The standard InChI is InChI=1S/C18H26N2O/c1-13-6-5-7-14(10-13)12-20(2)18(21)17-11-15-8-3-4-9-16(15)19-17/h5-7,10,15-17,19H,3-4,8-9,11-12H2,1-2H3. The minimum absolute atomic E-state index is 0.0351. The first kappa shape index (κ1) is 14.6. The molecule has 114 valence electrons. The van der Waals surface area contributed by atoms with Gasteiger partial charge in [-0.3, -0.25) is 4.79 Å². The summed E-state index contributed by atoms with van der Waals surface area (Å²) in [5.41, 5.74) is 2.46. The molecule has 0 spiro atoms. The predicted octanol–water partition coefficient (Wildman–Crippen LogP) is 2.87. The number of hydrogen-bond donors (Lipinski definition) is 1. The van der Waals surface area contributed by atoms with Crippen molar-refractivity contribution in [3.63, 3.8) is 0 Å². The number of benzene rings is 1. The van der Waals surface area contributed by atoms with Gasteiger partial charge in [0.2, 0.25) is 5.91 Å². The Bertz CT molecular complexity index is 500. The summed E-state index contributed by atoms with van der Waals surface area (Å²) < 4.78 is 0. The normalized spacial score (nSPS) is 28.2. The fraction of sp³-hybridized carbons (Fsp3) is 0.611. The molecule has 1 heterocycles. The monoisotopic (exact) mass is 286 g/mol. The second-order valence-corrected chi connectivity index (χ2v) is 6.79. The summed E-state index contributed by atoms with van der Waals surface area (Å²) in [6.07, 6.45) is 6.22. The Morgan fingerprint density at radius 3 is 2.90 bits per heavy atom. The number of rotatable bonds is 3. The molecule has 1 saturated carbocycles. The van der Waals surface area contributed by atoms with Crippen LogP contribution in [-0.2, 0) is 11.3 Å². The van der Waals surface area contributed by atoms with Crippen molar-refractivity contribution in [1.29, 1.82) is 0 Å². The van der Waals surface area contributed by atoms with Crippen LogP contribution in [0.4, 0.5) is 0 Å². The van der Waals surface area contributed by atoms with Crippen LogP contribution in [0.3, 0.4) is 0 Å². The number of carbonyl (C=O) groups excluding carboxylic acids is 1. The SMILES string of the molecule is Cc1cccc(CN(C)C(=O)C2CC3CCCCC3N2)c1. The maximum Gasteiger partial charge on any atom is 0.239 e. The summed E-state index contributed by atoms with van der Waals surface area (Å²) >= 11 is 0. The molecule has 3 unspecified atom stereocenters. The van der Waals surface area contributed by atoms with E-state index in [1.54, 1.807) is 0 Å². The molecule has 1 aliphatic heterocycles. The summed E-state index contributed by atoms with van der Waals surface area (Å²) in [4.78, 5) is 14.5. The number of nitrogens with zero attached hydrogens (tertiary/aromatic N) is 1. The lowest BCUT2D eigenvalue weighted by Gasteiger charge is -2.24. The van der Waals surface area contributed by atoms with Gasteiger partial charge in [0, 0.05) is 19.6 Å². The third kappa shape index (κ3) is 3.29. The molecular weight excluding hydrogens is 260 g/mol. The van der Waals surface area contributed by atoms with E-state index in [-0.39, 0.29) is 11.9 Å². The Labute approximate surface area is 127 Å². The van der Waals surface area contributed by atoms with E-state index in [1.807, 2.05) is 11.9 Å². The van der Waals surface area contributed by atoms with Crippen molar-refractivity contribution in [3.05, 3.63) is 35.4 Å². The Hall–Kier alpha value is -1.35. The third-order valence-electron chi connectivity index (χ3n) is 5.04. The van der Waals surface area contributed by atoms with Gasteiger partial charge in [-0.15, -0.1) is 0 Å². The van der Waals surface area contributed by atoms with Crippen molar-refractivity contribution < 1.29 is 4.79 Å². The first-order chi connectivity index (χ1) is 10.1. The van der Waals surface area contributed by atoms with Crippen LogP contribution >= 0.6 is 0 Å². The Kier molecular flexibility index (Phi) is 4.29. The number of carbonyl (C=O) groups is 1. The summed E-state index contributed by atoms with van der Waals surface area (Å²) in [7, 11) is 1.92. The first-order valence-corrected chi connectivity index (χ1v) is 8.20. The number of nitrogens with one attached hydrogen (secondary N) is 1. The highest BCUT2D eigenvalue weighted by Gasteiger charge is 2.39. The lowest BCUT2D eigenvalue weighted by Crippen LogP contribution is -2.43. The van der Waals surface area contributed by atoms with Crippen LogP contribution in [0.25, 0.3) is 0 Å². The molecule has 0 aromatic heterocycles. The predicted molar refractivity (Wildman–Crippen MR) is 84.9 cm³/mol. The van der Waals surface area contributed by atoms with Crippen molar-refractivity contribution in [3.8, 4) is 0 Å². The molecular formula is C18H26N2O. The van der Waals surface area contributed by atoms with Gasteiger partial charge in [0.1, 0.15) is 0 Å². The molecule has 0 radical (unpaired) electrons. The number of aryl methyl sites for hydroxylation is 1. The zero-order valence-electron chi connectivity index (χ0n) is 13.1. The van der Waals surface area contributed by atoms with E-state index in [2.05, 4.69) is 36.5 Å². The van der Waals surface area contributed by atoms with Crippen LogP contribution in [0.15, 0.2) is 24.3 Å². The van der Waals surface area contributed by atoms with Gasteiger partial charge in [-0.1, -0.05) is 42.7 Å². The summed E-state index contributed by atoms with van der Waals surface area (Å²) in [6.45, 7) is 2.79.